The van der Waals surface area contributed by atoms with E-state index in [1.807, 2.05) is 13.8 Å². The van der Waals surface area contributed by atoms with Gasteiger partial charge < -0.3 is 14.6 Å². The molecule has 0 radical (unpaired) electrons. The van der Waals surface area contributed by atoms with E-state index >= 15 is 0 Å². The van der Waals surface area contributed by atoms with Crippen LogP contribution in [-0.2, 0) is 11.3 Å². The Balaban J connectivity index is 1.65. The van der Waals surface area contributed by atoms with E-state index in [-0.39, 0.29) is 12.1 Å². The maximum atomic E-state index is 6.05. The number of nitrogens with zero attached hydrogens (tertiary/aromatic N) is 2. The Labute approximate surface area is 137 Å². The van der Waals surface area contributed by atoms with Crippen LogP contribution in [0.5, 0.6) is 0 Å². The SMILES string of the molecule is Cc1noc(C)c1CNC[C@@H]1OCCN(C)[C@H]1c1ccccc1. The predicted molar refractivity (Wildman–Crippen MR) is 89.2 cm³/mol. The van der Waals surface area contributed by atoms with Gasteiger partial charge in [0, 0.05) is 25.2 Å². The lowest BCUT2D eigenvalue weighted by Gasteiger charge is -2.39. The van der Waals surface area contributed by atoms with Gasteiger partial charge in [0.15, 0.2) is 0 Å². The van der Waals surface area contributed by atoms with Crippen LogP contribution in [0, 0.1) is 13.8 Å². The molecule has 2 aromatic rings. The molecule has 1 N–H and O–H groups in total. The van der Waals surface area contributed by atoms with Gasteiger partial charge in [-0.25, -0.2) is 0 Å². The topological polar surface area (TPSA) is 50.5 Å². The number of aromatic nitrogens is 1. The Morgan fingerprint density at radius 2 is 2.04 bits per heavy atom. The van der Waals surface area contributed by atoms with Gasteiger partial charge in [0.2, 0.25) is 0 Å². The van der Waals surface area contributed by atoms with Crippen molar-refractivity contribution in [1.29, 1.82) is 0 Å². The number of nitrogens with one attached hydrogen (secondary N) is 1. The van der Waals surface area contributed by atoms with Gasteiger partial charge in [-0.2, -0.15) is 0 Å². The van der Waals surface area contributed by atoms with Crippen molar-refractivity contribution >= 4 is 0 Å². The molecule has 0 saturated carbocycles. The minimum Gasteiger partial charge on any atom is -0.374 e. The van der Waals surface area contributed by atoms with Crippen LogP contribution in [0.3, 0.4) is 0 Å². The molecular formula is C18H25N3O2. The van der Waals surface area contributed by atoms with Crippen molar-refractivity contribution in [3.05, 3.63) is 52.9 Å². The Morgan fingerprint density at radius 3 is 2.74 bits per heavy atom. The Kier molecular flexibility index (Phi) is 5.10. The normalized spacial score (nSPS) is 22.4. The highest BCUT2D eigenvalue weighted by atomic mass is 16.5. The molecule has 1 aliphatic heterocycles. The largest absolute Gasteiger partial charge is 0.374 e. The van der Waals surface area contributed by atoms with Gasteiger partial charge >= 0.3 is 0 Å². The quantitative estimate of drug-likeness (QED) is 0.918. The van der Waals surface area contributed by atoms with Crippen molar-refractivity contribution in [2.45, 2.75) is 32.5 Å². The van der Waals surface area contributed by atoms with Crippen molar-refractivity contribution in [2.75, 3.05) is 26.7 Å². The number of ether oxygens (including phenoxy) is 1. The van der Waals surface area contributed by atoms with E-state index in [1.54, 1.807) is 0 Å². The van der Waals surface area contributed by atoms with Crippen molar-refractivity contribution in [3.8, 4) is 0 Å². The highest BCUT2D eigenvalue weighted by Gasteiger charge is 2.31. The Bertz CT molecular complexity index is 607. The van der Waals surface area contributed by atoms with Crippen LogP contribution in [0.15, 0.2) is 34.9 Å². The summed E-state index contributed by atoms with van der Waals surface area (Å²) in [6.45, 7) is 7.22. The summed E-state index contributed by atoms with van der Waals surface area (Å²) >= 11 is 0. The van der Waals surface area contributed by atoms with E-state index < -0.39 is 0 Å². The van der Waals surface area contributed by atoms with E-state index in [2.05, 4.69) is 52.8 Å². The standard InChI is InChI=1S/C18H25N3O2/c1-13-16(14(2)23-20-13)11-19-12-17-18(21(3)9-10-22-17)15-7-5-4-6-8-15/h4-8,17-19H,9-12H2,1-3H3/t17-,18-/m0/s1. The summed E-state index contributed by atoms with van der Waals surface area (Å²) in [5.41, 5.74) is 3.40. The van der Waals surface area contributed by atoms with Gasteiger partial charge in [-0.1, -0.05) is 35.5 Å². The van der Waals surface area contributed by atoms with E-state index in [9.17, 15) is 0 Å². The van der Waals surface area contributed by atoms with Gasteiger partial charge in [0.25, 0.3) is 0 Å². The second-order valence-electron chi connectivity index (χ2n) is 6.18. The summed E-state index contributed by atoms with van der Waals surface area (Å²) in [5, 5.41) is 7.51. The molecule has 1 aromatic carbocycles. The molecule has 1 saturated heterocycles. The van der Waals surface area contributed by atoms with E-state index in [0.717, 1.165) is 43.3 Å². The maximum Gasteiger partial charge on any atom is 0.138 e. The molecule has 1 aliphatic rings. The number of hydrogen-bond acceptors (Lipinski definition) is 5. The Hall–Kier alpha value is -1.69. The monoisotopic (exact) mass is 315 g/mol. The van der Waals surface area contributed by atoms with E-state index in [1.165, 1.54) is 5.56 Å². The van der Waals surface area contributed by atoms with Gasteiger partial charge in [-0.3, -0.25) is 4.90 Å². The average molecular weight is 315 g/mol. The molecule has 2 heterocycles. The first-order valence-corrected chi connectivity index (χ1v) is 8.16. The fourth-order valence-corrected chi connectivity index (χ4v) is 3.25. The van der Waals surface area contributed by atoms with Gasteiger partial charge in [0.05, 0.1) is 24.4 Å². The fourth-order valence-electron chi connectivity index (χ4n) is 3.25. The Morgan fingerprint density at radius 1 is 1.26 bits per heavy atom. The minimum atomic E-state index is 0.136. The minimum absolute atomic E-state index is 0.136. The van der Waals surface area contributed by atoms with Gasteiger partial charge in [-0.05, 0) is 26.5 Å². The summed E-state index contributed by atoms with van der Waals surface area (Å²) < 4.78 is 11.3. The van der Waals surface area contributed by atoms with Crippen LogP contribution >= 0.6 is 0 Å². The molecule has 1 aromatic heterocycles. The second-order valence-corrected chi connectivity index (χ2v) is 6.18. The number of rotatable bonds is 5. The summed E-state index contributed by atoms with van der Waals surface area (Å²) in [7, 11) is 2.17. The number of hydrogen-bond donors (Lipinski definition) is 1. The molecule has 3 rings (SSSR count). The average Bonchev–Trinajstić information content (AvgIpc) is 2.88. The highest BCUT2D eigenvalue weighted by Crippen LogP contribution is 2.28. The summed E-state index contributed by atoms with van der Waals surface area (Å²) in [6.07, 6.45) is 0.136. The third-order valence-corrected chi connectivity index (χ3v) is 4.57. The van der Waals surface area contributed by atoms with Crippen LogP contribution in [0.1, 0.15) is 28.6 Å². The molecule has 124 valence electrons. The van der Waals surface area contributed by atoms with Gasteiger partial charge in [-0.15, -0.1) is 0 Å². The van der Waals surface area contributed by atoms with Crippen LogP contribution in [0.25, 0.3) is 0 Å². The molecule has 23 heavy (non-hydrogen) atoms. The first-order valence-electron chi connectivity index (χ1n) is 8.16. The number of morpholine rings is 1. The first kappa shape index (κ1) is 16.2. The van der Waals surface area contributed by atoms with Crippen molar-refractivity contribution in [2.24, 2.45) is 0 Å². The molecular weight excluding hydrogens is 290 g/mol. The van der Waals surface area contributed by atoms with Crippen molar-refractivity contribution in [1.82, 2.24) is 15.4 Å². The molecule has 0 spiro atoms. The molecule has 0 unspecified atom stereocenters. The smallest absolute Gasteiger partial charge is 0.138 e. The highest BCUT2D eigenvalue weighted by molar-refractivity contribution is 5.22. The van der Waals surface area contributed by atoms with E-state index in [0.29, 0.717) is 0 Å². The zero-order chi connectivity index (χ0) is 16.2. The molecule has 2 atom stereocenters. The third-order valence-electron chi connectivity index (χ3n) is 4.57. The van der Waals surface area contributed by atoms with Crippen LogP contribution in [-0.4, -0.2) is 42.9 Å². The zero-order valence-electron chi connectivity index (χ0n) is 14.1. The lowest BCUT2D eigenvalue weighted by atomic mass is 9.98. The van der Waals surface area contributed by atoms with E-state index in [4.69, 9.17) is 9.26 Å². The summed E-state index contributed by atoms with van der Waals surface area (Å²) in [4.78, 5) is 2.38. The molecule has 0 aliphatic carbocycles. The van der Waals surface area contributed by atoms with Crippen molar-refractivity contribution in [3.63, 3.8) is 0 Å². The van der Waals surface area contributed by atoms with Crippen LogP contribution in [0.2, 0.25) is 0 Å². The number of aryl methyl sites for hydroxylation is 2. The zero-order valence-corrected chi connectivity index (χ0v) is 14.1. The molecule has 0 bridgehead atoms. The molecule has 1 fully saturated rings. The molecule has 5 nitrogen and oxygen atoms in total. The second kappa shape index (κ2) is 7.25. The maximum absolute atomic E-state index is 6.05. The number of benzene rings is 1. The summed E-state index contributed by atoms with van der Waals surface area (Å²) in [6, 6.07) is 10.9. The van der Waals surface area contributed by atoms with Crippen LogP contribution in [0.4, 0.5) is 0 Å². The molecule has 5 heteroatoms. The fraction of sp³-hybridized carbons (Fsp3) is 0.500. The third kappa shape index (κ3) is 3.63. The van der Waals surface area contributed by atoms with Gasteiger partial charge in [0.1, 0.15) is 5.76 Å². The summed E-state index contributed by atoms with van der Waals surface area (Å²) in [5.74, 6) is 0.885. The predicted octanol–water partition coefficient (Wildman–Crippen LogP) is 2.45. The lowest BCUT2D eigenvalue weighted by Crippen LogP contribution is -2.47. The molecule has 0 amide bonds. The van der Waals surface area contributed by atoms with Crippen LogP contribution < -0.4 is 5.32 Å². The van der Waals surface area contributed by atoms with Crippen molar-refractivity contribution < 1.29 is 9.26 Å². The first-order chi connectivity index (χ1) is 11.2. The number of likely N-dealkylation sites (N-methyl/N-ethyl adjacent to an activating group) is 1. The lowest BCUT2D eigenvalue weighted by molar-refractivity contribution is -0.0615.